The largest absolute Gasteiger partial charge is 0.354 e. The van der Waals surface area contributed by atoms with Crippen molar-refractivity contribution in [1.29, 1.82) is 0 Å². The molecule has 1 aromatic carbocycles. The number of hydrogen-bond donors (Lipinski definition) is 2. The molecule has 0 aromatic heterocycles. The molecule has 1 aromatic rings. The third-order valence-corrected chi connectivity index (χ3v) is 3.55. The molecule has 0 saturated heterocycles. The van der Waals surface area contributed by atoms with Crippen molar-refractivity contribution < 1.29 is 14.0 Å². The number of carbonyl (C=O) groups excluding carboxylic acids is 2. The van der Waals surface area contributed by atoms with Crippen molar-refractivity contribution >= 4 is 11.8 Å². The summed E-state index contributed by atoms with van der Waals surface area (Å²) in [5.74, 6) is -0.386. The molecule has 0 bridgehead atoms. The van der Waals surface area contributed by atoms with Gasteiger partial charge in [-0.05, 0) is 37.0 Å². The lowest BCUT2D eigenvalue weighted by Gasteiger charge is -2.23. The molecule has 5 heteroatoms. The Bertz CT molecular complexity index is 469. The van der Waals surface area contributed by atoms with Crippen LogP contribution in [0.5, 0.6) is 0 Å². The molecule has 0 spiro atoms. The van der Waals surface area contributed by atoms with Crippen LogP contribution >= 0.6 is 0 Å². The van der Waals surface area contributed by atoms with Crippen molar-refractivity contribution in [3.8, 4) is 0 Å². The molecule has 0 radical (unpaired) electrons. The second-order valence-corrected chi connectivity index (χ2v) is 5.07. The lowest BCUT2D eigenvalue weighted by atomic mass is 9.85. The van der Waals surface area contributed by atoms with E-state index in [0.717, 1.165) is 24.8 Å². The van der Waals surface area contributed by atoms with Crippen molar-refractivity contribution in [3.63, 3.8) is 0 Å². The van der Waals surface area contributed by atoms with E-state index in [9.17, 15) is 14.0 Å². The van der Waals surface area contributed by atoms with Crippen molar-refractivity contribution in [2.75, 3.05) is 13.1 Å². The summed E-state index contributed by atoms with van der Waals surface area (Å²) in [6.07, 6.45) is 3.60. The van der Waals surface area contributed by atoms with E-state index in [1.807, 2.05) is 0 Å². The molecule has 20 heavy (non-hydrogen) atoms. The SMILES string of the molecule is O=C(CNC(=O)C1CCC1)NCCc1ccc(F)cc1. The third-order valence-electron chi connectivity index (χ3n) is 3.55. The summed E-state index contributed by atoms with van der Waals surface area (Å²) < 4.78 is 12.7. The van der Waals surface area contributed by atoms with Gasteiger partial charge in [-0.2, -0.15) is 0 Å². The molecule has 0 atom stereocenters. The molecule has 1 fully saturated rings. The standard InChI is InChI=1S/C15H19FN2O2/c16-13-6-4-11(5-7-13)8-9-17-14(19)10-18-15(20)12-2-1-3-12/h4-7,12H,1-3,8-10H2,(H,17,19)(H,18,20). The number of carbonyl (C=O) groups is 2. The molecule has 1 aliphatic rings. The minimum absolute atomic E-state index is 0.0232. The van der Waals surface area contributed by atoms with Crippen LogP contribution in [0.2, 0.25) is 0 Å². The van der Waals surface area contributed by atoms with Gasteiger partial charge in [0, 0.05) is 12.5 Å². The van der Waals surface area contributed by atoms with E-state index in [0.29, 0.717) is 13.0 Å². The van der Waals surface area contributed by atoms with Crippen LogP contribution in [-0.4, -0.2) is 24.9 Å². The number of hydrogen-bond acceptors (Lipinski definition) is 2. The van der Waals surface area contributed by atoms with Crippen LogP contribution in [-0.2, 0) is 16.0 Å². The second kappa shape index (κ2) is 7.03. The first kappa shape index (κ1) is 14.5. The van der Waals surface area contributed by atoms with E-state index in [4.69, 9.17) is 0 Å². The fraction of sp³-hybridized carbons (Fsp3) is 0.467. The number of nitrogens with one attached hydrogen (secondary N) is 2. The Balaban J connectivity index is 1.60. The molecule has 0 unspecified atom stereocenters. The molecular weight excluding hydrogens is 259 g/mol. The van der Waals surface area contributed by atoms with Crippen molar-refractivity contribution in [1.82, 2.24) is 10.6 Å². The predicted molar refractivity (Wildman–Crippen MR) is 73.5 cm³/mol. The van der Waals surface area contributed by atoms with Gasteiger partial charge in [-0.1, -0.05) is 18.6 Å². The molecule has 4 nitrogen and oxygen atoms in total. The lowest BCUT2D eigenvalue weighted by Crippen LogP contribution is -2.41. The molecule has 0 heterocycles. The van der Waals surface area contributed by atoms with Gasteiger partial charge >= 0.3 is 0 Å². The van der Waals surface area contributed by atoms with E-state index in [-0.39, 0.29) is 30.1 Å². The van der Waals surface area contributed by atoms with Crippen LogP contribution in [0.25, 0.3) is 0 Å². The molecule has 2 N–H and O–H groups in total. The highest BCUT2D eigenvalue weighted by Crippen LogP contribution is 2.25. The van der Waals surface area contributed by atoms with Gasteiger partial charge < -0.3 is 10.6 Å². The van der Waals surface area contributed by atoms with Gasteiger partial charge in [-0.25, -0.2) is 4.39 Å². The monoisotopic (exact) mass is 278 g/mol. The van der Waals surface area contributed by atoms with Crippen LogP contribution in [0.3, 0.4) is 0 Å². The molecule has 0 aliphatic heterocycles. The maximum atomic E-state index is 12.7. The summed E-state index contributed by atoms with van der Waals surface area (Å²) in [5, 5.41) is 5.37. The summed E-state index contributed by atoms with van der Waals surface area (Å²) in [6, 6.07) is 6.19. The number of rotatable bonds is 6. The van der Waals surface area contributed by atoms with Crippen LogP contribution < -0.4 is 10.6 Å². The highest BCUT2D eigenvalue weighted by molar-refractivity contribution is 5.86. The van der Waals surface area contributed by atoms with E-state index in [1.165, 1.54) is 12.1 Å². The van der Waals surface area contributed by atoms with Gasteiger partial charge in [0.25, 0.3) is 0 Å². The summed E-state index contributed by atoms with van der Waals surface area (Å²) in [5.41, 5.74) is 0.963. The Morgan fingerprint density at radius 1 is 1.15 bits per heavy atom. The zero-order valence-electron chi connectivity index (χ0n) is 11.3. The topological polar surface area (TPSA) is 58.2 Å². The Labute approximate surface area is 117 Å². The molecule has 2 rings (SSSR count). The normalized spacial score (nSPS) is 14.4. The van der Waals surface area contributed by atoms with Crippen LogP contribution in [0, 0.1) is 11.7 Å². The van der Waals surface area contributed by atoms with E-state index in [2.05, 4.69) is 10.6 Å². The molecule has 108 valence electrons. The minimum Gasteiger partial charge on any atom is -0.354 e. The van der Waals surface area contributed by atoms with Gasteiger partial charge in [0.1, 0.15) is 5.82 Å². The summed E-state index contributed by atoms with van der Waals surface area (Å²) in [4.78, 5) is 23.1. The Morgan fingerprint density at radius 3 is 2.45 bits per heavy atom. The van der Waals surface area contributed by atoms with Gasteiger partial charge in [-0.15, -0.1) is 0 Å². The fourth-order valence-electron chi connectivity index (χ4n) is 2.04. The van der Waals surface area contributed by atoms with Gasteiger partial charge in [0.2, 0.25) is 11.8 Å². The molecule has 1 saturated carbocycles. The molecule has 2 amide bonds. The first-order chi connectivity index (χ1) is 9.65. The Hall–Kier alpha value is -1.91. The van der Waals surface area contributed by atoms with Gasteiger partial charge in [0.05, 0.1) is 6.54 Å². The van der Waals surface area contributed by atoms with E-state index < -0.39 is 0 Å². The third kappa shape index (κ3) is 4.33. The molecular formula is C15H19FN2O2. The predicted octanol–water partition coefficient (Wildman–Crippen LogP) is 1.40. The van der Waals surface area contributed by atoms with E-state index >= 15 is 0 Å². The quantitative estimate of drug-likeness (QED) is 0.826. The first-order valence-electron chi connectivity index (χ1n) is 6.94. The maximum absolute atomic E-state index is 12.7. The average molecular weight is 278 g/mol. The summed E-state index contributed by atoms with van der Waals surface area (Å²) >= 11 is 0. The second-order valence-electron chi connectivity index (χ2n) is 5.07. The van der Waals surface area contributed by atoms with Crippen molar-refractivity contribution in [2.24, 2.45) is 5.92 Å². The number of benzene rings is 1. The van der Waals surface area contributed by atoms with Crippen molar-refractivity contribution in [3.05, 3.63) is 35.6 Å². The minimum atomic E-state index is -0.267. The van der Waals surface area contributed by atoms with Crippen LogP contribution in [0.15, 0.2) is 24.3 Å². The zero-order chi connectivity index (χ0) is 14.4. The average Bonchev–Trinajstić information content (AvgIpc) is 2.37. The number of halogens is 1. The molecule has 1 aliphatic carbocycles. The van der Waals surface area contributed by atoms with Gasteiger partial charge in [-0.3, -0.25) is 9.59 Å². The van der Waals surface area contributed by atoms with Gasteiger partial charge in [0.15, 0.2) is 0 Å². The fourth-order valence-corrected chi connectivity index (χ4v) is 2.04. The highest BCUT2D eigenvalue weighted by Gasteiger charge is 2.25. The van der Waals surface area contributed by atoms with Crippen LogP contribution in [0.1, 0.15) is 24.8 Å². The highest BCUT2D eigenvalue weighted by atomic mass is 19.1. The lowest BCUT2D eigenvalue weighted by molar-refractivity contribution is -0.130. The van der Waals surface area contributed by atoms with E-state index in [1.54, 1.807) is 12.1 Å². The first-order valence-corrected chi connectivity index (χ1v) is 6.94. The zero-order valence-corrected chi connectivity index (χ0v) is 11.3. The smallest absolute Gasteiger partial charge is 0.239 e. The Morgan fingerprint density at radius 2 is 1.85 bits per heavy atom. The Kier molecular flexibility index (Phi) is 5.09. The maximum Gasteiger partial charge on any atom is 0.239 e. The van der Waals surface area contributed by atoms with Crippen molar-refractivity contribution in [2.45, 2.75) is 25.7 Å². The summed E-state index contributed by atoms with van der Waals surface area (Å²) in [6.45, 7) is 0.502. The summed E-state index contributed by atoms with van der Waals surface area (Å²) in [7, 11) is 0. The number of amides is 2. The van der Waals surface area contributed by atoms with Crippen LogP contribution in [0.4, 0.5) is 4.39 Å².